The number of benzene rings is 7. The van der Waals surface area contributed by atoms with Gasteiger partial charge in [-0.15, -0.1) is 0 Å². The predicted octanol–water partition coefficient (Wildman–Crippen LogP) is 12.9. The van der Waals surface area contributed by atoms with Crippen LogP contribution >= 0.6 is 0 Å². The van der Waals surface area contributed by atoms with Crippen molar-refractivity contribution in [2.75, 3.05) is 9.80 Å². The van der Waals surface area contributed by atoms with Crippen molar-refractivity contribution in [3.05, 3.63) is 166 Å². The van der Waals surface area contributed by atoms with Crippen LogP contribution in [0.2, 0.25) is 0 Å². The van der Waals surface area contributed by atoms with Crippen molar-refractivity contribution < 1.29 is 26.3 Å². The lowest BCUT2D eigenvalue weighted by atomic mass is 9.33. The normalized spacial score (nSPS) is 13.5. The van der Waals surface area contributed by atoms with Crippen molar-refractivity contribution in [3.8, 4) is 5.69 Å². The van der Waals surface area contributed by atoms with Crippen molar-refractivity contribution in [1.29, 1.82) is 0 Å². The van der Waals surface area contributed by atoms with Gasteiger partial charge in [0, 0.05) is 57.8 Å². The highest BCUT2D eigenvalue weighted by Gasteiger charge is 2.46. The van der Waals surface area contributed by atoms with Crippen molar-refractivity contribution in [1.82, 2.24) is 4.57 Å². The van der Waals surface area contributed by atoms with E-state index in [4.69, 9.17) is 0 Å². The van der Waals surface area contributed by atoms with Crippen molar-refractivity contribution in [2.45, 2.75) is 66.2 Å². The molecule has 3 heterocycles. The molecule has 10 heteroatoms. The van der Waals surface area contributed by atoms with E-state index in [1.165, 1.54) is 9.80 Å². The predicted molar refractivity (Wildman–Crippen MR) is 241 cm³/mol. The van der Waals surface area contributed by atoms with Crippen molar-refractivity contribution >= 4 is 79.0 Å². The summed E-state index contributed by atoms with van der Waals surface area (Å²) in [6.07, 6.45) is 0. The van der Waals surface area contributed by atoms with Gasteiger partial charge in [-0.2, -0.15) is 0 Å². The van der Waals surface area contributed by atoms with Gasteiger partial charge in [0.15, 0.2) is 23.3 Å². The molecule has 0 spiro atoms. The van der Waals surface area contributed by atoms with Gasteiger partial charge in [-0.05, 0) is 93.7 Å². The average molecular weight is 834 g/mol. The zero-order valence-corrected chi connectivity index (χ0v) is 35.6. The van der Waals surface area contributed by atoms with Gasteiger partial charge in [0.2, 0.25) is 0 Å². The Balaban J connectivity index is 1.44. The Morgan fingerprint density at radius 1 is 0.484 bits per heavy atom. The maximum absolute atomic E-state index is 16.6. The van der Waals surface area contributed by atoms with Crippen LogP contribution < -0.4 is 26.2 Å². The SMILES string of the molecule is Cc1ccc(C)c2c1c1ccccc1n2-c1cc2c3c(c1)N(c1c(F)cc(F)cc1F)c1ccc(C(C)(C)C)cc1B3c1cc(C(C)(C)C)ccc1N2c1c(F)cc(F)cc1F. The van der Waals surface area contributed by atoms with E-state index in [2.05, 4.69) is 52.2 Å². The average Bonchev–Trinajstić information content (AvgIpc) is 3.55. The molecule has 0 amide bonds. The fourth-order valence-electron chi connectivity index (χ4n) is 9.72. The maximum Gasteiger partial charge on any atom is 0.252 e. The lowest BCUT2D eigenvalue weighted by molar-refractivity contribution is 0.545. The third-order valence-electron chi connectivity index (χ3n) is 12.7. The summed E-state index contributed by atoms with van der Waals surface area (Å²) in [6.45, 7) is 15.9. The summed E-state index contributed by atoms with van der Waals surface area (Å²) in [5.41, 5.74) is 7.81. The maximum atomic E-state index is 16.6. The Hall–Kier alpha value is -6.42. The highest BCUT2D eigenvalue weighted by atomic mass is 19.2. The molecule has 8 aromatic rings. The van der Waals surface area contributed by atoms with Gasteiger partial charge in [-0.25, -0.2) is 26.3 Å². The van der Waals surface area contributed by atoms with E-state index >= 15 is 17.6 Å². The smallest absolute Gasteiger partial charge is 0.252 e. The molecule has 2 aliphatic heterocycles. The molecule has 0 bridgehead atoms. The molecule has 0 aliphatic carbocycles. The second-order valence-corrected chi connectivity index (χ2v) is 18.8. The minimum Gasteiger partial charge on any atom is -0.309 e. The lowest BCUT2D eigenvalue weighted by Gasteiger charge is -2.45. The van der Waals surface area contributed by atoms with E-state index in [0.29, 0.717) is 69.1 Å². The number of rotatable bonds is 3. The molecule has 0 radical (unpaired) electrons. The second kappa shape index (κ2) is 13.5. The quantitative estimate of drug-likeness (QED) is 0.130. The molecule has 0 fully saturated rings. The van der Waals surface area contributed by atoms with Gasteiger partial charge < -0.3 is 14.4 Å². The van der Waals surface area contributed by atoms with E-state index < -0.39 is 53.0 Å². The molecule has 3 nitrogen and oxygen atoms in total. The largest absolute Gasteiger partial charge is 0.309 e. The lowest BCUT2D eigenvalue weighted by Crippen LogP contribution is -2.62. The molecular formula is C52H42BF6N3. The Bertz CT molecular complexity index is 3030. The van der Waals surface area contributed by atoms with Gasteiger partial charge >= 0.3 is 0 Å². The first-order valence-electron chi connectivity index (χ1n) is 20.7. The first kappa shape index (κ1) is 39.7. The van der Waals surface area contributed by atoms with E-state index in [0.717, 1.165) is 44.1 Å². The number of para-hydroxylation sites is 1. The third-order valence-corrected chi connectivity index (χ3v) is 12.7. The minimum absolute atomic E-state index is 0.318. The summed E-state index contributed by atoms with van der Waals surface area (Å²) in [6, 6.07) is 30.0. The van der Waals surface area contributed by atoms with Crippen LogP contribution in [0.25, 0.3) is 27.5 Å². The fraction of sp³-hybridized carbons (Fsp3) is 0.192. The molecule has 310 valence electrons. The molecule has 1 aromatic heterocycles. The van der Waals surface area contributed by atoms with Gasteiger partial charge in [-0.1, -0.05) is 96.1 Å². The molecule has 0 atom stereocenters. The highest BCUT2D eigenvalue weighted by Crippen LogP contribution is 2.49. The molecule has 0 saturated carbocycles. The van der Waals surface area contributed by atoms with Crippen LogP contribution in [0.15, 0.2) is 109 Å². The van der Waals surface area contributed by atoms with Crippen LogP contribution in [0.4, 0.5) is 60.5 Å². The minimum atomic E-state index is -1.13. The van der Waals surface area contributed by atoms with E-state index in [1.807, 2.05) is 92.7 Å². The summed E-state index contributed by atoms with van der Waals surface area (Å²) in [5, 5.41) is 1.97. The van der Waals surface area contributed by atoms with E-state index in [9.17, 15) is 8.78 Å². The summed E-state index contributed by atoms with van der Waals surface area (Å²) < 4.78 is 97.9. The molecular weight excluding hydrogens is 791 g/mol. The van der Waals surface area contributed by atoms with Crippen LogP contribution in [-0.2, 0) is 10.8 Å². The molecule has 0 unspecified atom stereocenters. The Morgan fingerprint density at radius 3 is 1.40 bits per heavy atom. The Morgan fingerprint density at radius 2 is 0.935 bits per heavy atom. The monoisotopic (exact) mass is 833 g/mol. The molecule has 0 saturated heterocycles. The molecule has 7 aromatic carbocycles. The summed E-state index contributed by atoms with van der Waals surface area (Å²) >= 11 is 0. The number of anilines is 6. The number of hydrogen-bond donors (Lipinski definition) is 0. The van der Waals surface area contributed by atoms with Gasteiger partial charge in [-0.3, -0.25) is 0 Å². The third kappa shape index (κ3) is 5.82. The number of nitrogens with zero attached hydrogens (tertiary/aromatic N) is 3. The van der Waals surface area contributed by atoms with Gasteiger partial charge in [0.1, 0.15) is 23.0 Å². The van der Waals surface area contributed by atoms with Crippen LogP contribution in [0.3, 0.4) is 0 Å². The highest BCUT2D eigenvalue weighted by molar-refractivity contribution is 7.00. The number of aryl methyl sites for hydroxylation is 2. The standard InChI is InChI=1S/C52H42BF6N3/c1-27-13-14-28(2)48-46(27)34-11-9-10-12-41(34)60(48)33-25-44-47-45(26-33)62(50-39(58)23-32(55)24-40(50)59)43-18-16-30(52(6,7)8)20-36(43)53(47)35-19-29(51(3,4)5)15-17-42(35)61(44)49-37(56)21-31(54)22-38(49)57/h9-26H,1-8H3. The Labute approximate surface area is 356 Å². The van der Waals surface area contributed by atoms with Crippen LogP contribution in [0.5, 0.6) is 0 Å². The van der Waals surface area contributed by atoms with Crippen LogP contribution in [0.1, 0.15) is 63.8 Å². The topological polar surface area (TPSA) is 11.4 Å². The zero-order valence-electron chi connectivity index (χ0n) is 35.6. The van der Waals surface area contributed by atoms with Crippen LogP contribution in [-0.4, -0.2) is 11.3 Å². The summed E-state index contributed by atoms with van der Waals surface area (Å²) in [4.78, 5) is 2.95. The summed E-state index contributed by atoms with van der Waals surface area (Å²) in [5.74, 6) is -6.68. The van der Waals surface area contributed by atoms with Gasteiger partial charge in [0.25, 0.3) is 6.71 Å². The molecule has 0 N–H and O–H groups in total. The second-order valence-electron chi connectivity index (χ2n) is 18.8. The molecule has 2 aliphatic rings. The summed E-state index contributed by atoms with van der Waals surface area (Å²) in [7, 11) is 0. The molecule has 10 rings (SSSR count). The number of halogens is 6. The van der Waals surface area contributed by atoms with E-state index in [1.54, 1.807) is 0 Å². The first-order valence-corrected chi connectivity index (χ1v) is 20.7. The van der Waals surface area contributed by atoms with Crippen LogP contribution in [0, 0.1) is 48.8 Å². The Kier molecular flexibility index (Phi) is 8.67. The zero-order chi connectivity index (χ0) is 43.9. The number of hydrogen-bond acceptors (Lipinski definition) is 2. The first-order chi connectivity index (χ1) is 29.3. The fourth-order valence-corrected chi connectivity index (χ4v) is 9.72. The van der Waals surface area contributed by atoms with Crippen molar-refractivity contribution in [2.24, 2.45) is 0 Å². The molecule has 62 heavy (non-hydrogen) atoms. The number of aromatic nitrogens is 1. The van der Waals surface area contributed by atoms with E-state index in [-0.39, 0.29) is 10.8 Å². The number of fused-ring (bicyclic) bond motifs is 7. The van der Waals surface area contributed by atoms with Crippen molar-refractivity contribution in [3.63, 3.8) is 0 Å². The van der Waals surface area contributed by atoms with Gasteiger partial charge in [0.05, 0.1) is 16.7 Å².